The minimum atomic E-state index is 0.367. The van der Waals surface area contributed by atoms with Crippen LogP contribution in [0.15, 0.2) is 4.99 Å². The molecule has 122 valence electrons. The third kappa shape index (κ3) is 3.69. The Labute approximate surface area is 128 Å². The number of nitrogens with zero attached hydrogens (tertiary/aromatic N) is 1. The van der Waals surface area contributed by atoms with Gasteiger partial charge in [0.1, 0.15) is 0 Å². The molecule has 2 saturated carbocycles. The Morgan fingerprint density at radius 2 is 2.05 bits per heavy atom. The first-order chi connectivity index (χ1) is 10.3. The molecule has 2 rings (SSSR count). The van der Waals surface area contributed by atoms with Crippen LogP contribution in [0.3, 0.4) is 0 Å². The van der Waals surface area contributed by atoms with Crippen LogP contribution in [0, 0.1) is 5.41 Å². The highest BCUT2D eigenvalue weighted by atomic mass is 16.5. The van der Waals surface area contributed by atoms with Crippen LogP contribution in [0.2, 0.25) is 0 Å². The van der Waals surface area contributed by atoms with Gasteiger partial charge < -0.3 is 20.1 Å². The monoisotopic (exact) mass is 297 g/mol. The van der Waals surface area contributed by atoms with Crippen molar-refractivity contribution in [1.29, 1.82) is 0 Å². The van der Waals surface area contributed by atoms with Crippen LogP contribution in [0.5, 0.6) is 0 Å². The molecule has 1 spiro atoms. The van der Waals surface area contributed by atoms with Crippen LogP contribution in [-0.4, -0.2) is 51.0 Å². The predicted octanol–water partition coefficient (Wildman–Crippen LogP) is 1.93. The second kappa shape index (κ2) is 7.99. The molecule has 0 aromatic heterocycles. The zero-order valence-corrected chi connectivity index (χ0v) is 13.8. The summed E-state index contributed by atoms with van der Waals surface area (Å²) >= 11 is 0. The molecule has 5 nitrogen and oxygen atoms in total. The van der Waals surface area contributed by atoms with Gasteiger partial charge in [0, 0.05) is 31.2 Å². The van der Waals surface area contributed by atoms with Crippen molar-refractivity contribution in [2.24, 2.45) is 10.4 Å². The summed E-state index contributed by atoms with van der Waals surface area (Å²) in [6.45, 7) is 10.0. The average Bonchev–Trinajstić information content (AvgIpc) is 2.40. The highest BCUT2D eigenvalue weighted by molar-refractivity contribution is 5.80. The van der Waals surface area contributed by atoms with Gasteiger partial charge in [-0.2, -0.15) is 0 Å². The molecule has 21 heavy (non-hydrogen) atoms. The van der Waals surface area contributed by atoms with Gasteiger partial charge >= 0.3 is 0 Å². The Bertz CT molecular complexity index is 342. The van der Waals surface area contributed by atoms with Crippen molar-refractivity contribution in [3.05, 3.63) is 0 Å². The number of rotatable bonds is 8. The van der Waals surface area contributed by atoms with E-state index in [1.54, 1.807) is 0 Å². The molecular weight excluding hydrogens is 266 g/mol. The second-order valence-corrected chi connectivity index (χ2v) is 5.92. The third-order valence-electron chi connectivity index (χ3n) is 4.80. The summed E-state index contributed by atoms with van der Waals surface area (Å²) < 4.78 is 11.2. The van der Waals surface area contributed by atoms with E-state index in [1.165, 1.54) is 19.3 Å². The number of hydrogen-bond acceptors (Lipinski definition) is 3. The van der Waals surface area contributed by atoms with Crippen LogP contribution < -0.4 is 10.6 Å². The van der Waals surface area contributed by atoms with Gasteiger partial charge in [0.25, 0.3) is 0 Å². The molecule has 2 unspecified atom stereocenters. The molecular formula is C16H31N3O2. The van der Waals surface area contributed by atoms with Crippen molar-refractivity contribution in [1.82, 2.24) is 10.6 Å². The summed E-state index contributed by atoms with van der Waals surface area (Å²) in [6, 6.07) is 0.507. The maximum atomic E-state index is 5.90. The molecule has 2 aliphatic carbocycles. The van der Waals surface area contributed by atoms with E-state index in [1.807, 2.05) is 6.92 Å². The molecule has 2 atom stereocenters. The van der Waals surface area contributed by atoms with E-state index in [0.29, 0.717) is 30.7 Å². The molecule has 0 saturated heterocycles. The molecule has 0 heterocycles. The first-order valence-corrected chi connectivity index (χ1v) is 8.51. The van der Waals surface area contributed by atoms with E-state index in [-0.39, 0.29) is 0 Å². The minimum absolute atomic E-state index is 0.367. The van der Waals surface area contributed by atoms with Crippen molar-refractivity contribution in [2.45, 2.75) is 58.6 Å². The van der Waals surface area contributed by atoms with E-state index < -0.39 is 0 Å². The van der Waals surface area contributed by atoms with E-state index in [4.69, 9.17) is 9.47 Å². The summed E-state index contributed by atoms with van der Waals surface area (Å²) in [4.78, 5) is 4.60. The van der Waals surface area contributed by atoms with E-state index in [2.05, 4.69) is 29.5 Å². The number of nitrogens with one attached hydrogen (secondary N) is 2. The molecule has 0 bridgehead atoms. The molecule has 0 radical (unpaired) electrons. The van der Waals surface area contributed by atoms with Gasteiger partial charge in [0.2, 0.25) is 0 Å². The molecule has 0 aromatic carbocycles. The normalized spacial score (nSPS) is 27.1. The van der Waals surface area contributed by atoms with Crippen molar-refractivity contribution in [2.75, 3.05) is 32.9 Å². The Hall–Kier alpha value is -0.810. The zero-order chi connectivity index (χ0) is 15.1. The first kappa shape index (κ1) is 16.6. The Morgan fingerprint density at radius 1 is 1.24 bits per heavy atom. The standard InChI is InChI=1S/C16H31N3O2/c1-4-17-15(18-10-11-20-5-2)19-13-12-14(21-6-3)16(13)8-7-9-16/h13-14H,4-12H2,1-3H3,(H2,17,18,19). The van der Waals surface area contributed by atoms with E-state index in [0.717, 1.165) is 32.1 Å². The summed E-state index contributed by atoms with van der Waals surface area (Å²) in [5.41, 5.74) is 0.367. The fourth-order valence-corrected chi connectivity index (χ4v) is 3.49. The summed E-state index contributed by atoms with van der Waals surface area (Å²) in [7, 11) is 0. The Balaban J connectivity index is 1.85. The maximum Gasteiger partial charge on any atom is 0.191 e. The molecule has 0 amide bonds. The van der Waals surface area contributed by atoms with Gasteiger partial charge in [-0.25, -0.2) is 0 Å². The van der Waals surface area contributed by atoms with Gasteiger partial charge in [-0.1, -0.05) is 6.42 Å². The van der Waals surface area contributed by atoms with E-state index >= 15 is 0 Å². The van der Waals surface area contributed by atoms with Gasteiger partial charge in [-0.15, -0.1) is 0 Å². The topological polar surface area (TPSA) is 54.9 Å². The number of ether oxygens (including phenoxy) is 2. The lowest BCUT2D eigenvalue weighted by atomic mass is 9.51. The number of aliphatic imine (C=N–C) groups is 1. The molecule has 0 aromatic rings. The van der Waals surface area contributed by atoms with Crippen LogP contribution in [0.4, 0.5) is 0 Å². The van der Waals surface area contributed by atoms with Crippen LogP contribution >= 0.6 is 0 Å². The van der Waals surface area contributed by atoms with Crippen LogP contribution in [-0.2, 0) is 9.47 Å². The molecule has 5 heteroatoms. The highest BCUT2D eigenvalue weighted by Crippen LogP contribution is 2.57. The fourth-order valence-electron chi connectivity index (χ4n) is 3.49. The lowest BCUT2D eigenvalue weighted by molar-refractivity contribution is -0.168. The second-order valence-electron chi connectivity index (χ2n) is 5.92. The lowest BCUT2D eigenvalue weighted by Gasteiger charge is -2.61. The average molecular weight is 297 g/mol. The highest BCUT2D eigenvalue weighted by Gasteiger charge is 2.59. The van der Waals surface area contributed by atoms with Crippen LogP contribution in [0.1, 0.15) is 46.5 Å². The minimum Gasteiger partial charge on any atom is -0.380 e. The smallest absolute Gasteiger partial charge is 0.191 e. The maximum absolute atomic E-state index is 5.90. The van der Waals surface area contributed by atoms with Gasteiger partial charge in [0.05, 0.1) is 19.3 Å². The molecule has 2 aliphatic rings. The first-order valence-electron chi connectivity index (χ1n) is 8.51. The third-order valence-corrected chi connectivity index (χ3v) is 4.80. The van der Waals surface area contributed by atoms with Gasteiger partial charge in [-0.3, -0.25) is 4.99 Å². The van der Waals surface area contributed by atoms with Crippen molar-refractivity contribution < 1.29 is 9.47 Å². The van der Waals surface area contributed by atoms with Crippen molar-refractivity contribution in [3.8, 4) is 0 Å². The van der Waals surface area contributed by atoms with Crippen molar-refractivity contribution >= 4 is 5.96 Å². The summed E-state index contributed by atoms with van der Waals surface area (Å²) in [6.07, 6.45) is 5.45. The SMILES string of the molecule is CCNC(=NCCOCC)NC1CC(OCC)C12CCC2. The van der Waals surface area contributed by atoms with Gasteiger partial charge in [-0.05, 0) is 40.0 Å². The molecule has 2 fully saturated rings. The number of hydrogen-bond donors (Lipinski definition) is 2. The van der Waals surface area contributed by atoms with Crippen molar-refractivity contribution in [3.63, 3.8) is 0 Å². The quantitative estimate of drug-likeness (QED) is 0.408. The fraction of sp³-hybridized carbons (Fsp3) is 0.938. The molecule has 0 aliphatic heterocycles. The molecule has 2 N–H and O–H groups in total. The Morgan fingerprint density at radius 3 is 2.62 bits per heavy atom. The Kier molecular flexibility index (Phi) is 6.30. The zero-order valence-electron chi connectivity index (χ0n) is 13.8. The summed E-state index contributed by atoms with van der Waals surface area (Å²) in [5.74, 6) is 0.920. The lowest BCUT2D eigenvalue weighted by Crippen LogP contribution is -2.68. The largest absolute Gasteiger partial charge is 0.380 e. The number of guanidine groups is 1. The summed E-state index contributed by atoms with van der Waals surface area (Å²) in [5, 5.41) is 6.95. The van der Waals surface area contributed by atoms with Gasteiger partial charge in [0.15, 0.2) is 5.96 Å². The van der Waals surface area contributed by atoms with E-state index in [9.17, 15) is 0 Å². The predicted molar refractivity (Wildman–Crippen MR) is 85.7 cm³/mol. The van der Waals surface area contributed by atoms with Crippen LogP contribution in [0.25, 0.3) is 0 Å².